The summed E-state index contributed by atoms with van der Waals surface area (Å²) in [7, 11) is 0. The molecule has 0 bridgehead atoms. The molecule has 2 aromatic carbocycles. The monoisotopic (exact) mass is 645 g/mol. The van der Waals surface area contributed by atoms with Gasteiger partial charge in [0.1, 0.15) is 23.7 Å². The van der Waals surface area contributed by atoms with Crippen LogP contribution in [0, 0.1) is 5.92 Å². The minimum absolute atomic E-state index is 0.109. The zero-order valence-electron chi connectivity index (χ0n) is 26.3. The molecule has 4 amide bonds. The Labute approximate surface area is 272 Å². The number of para-hydroxylation sites is 1. The molecule has 1 fully saturated rings. The summed E-state index contributed by atoms with van der Waals surface area (Å²) in [6, 6.07) is 13.6. The second kappa shape index (κ2) is 16.9. The van der Waals surface area contributed by atoms with E-state index in [1.807, 2.05) is 30.3 Å². The number of nitrogens with zero attached hydrogens (tertiary/aromatic N) is 1. The number of rotatable bonds is 15. The fraction of sp³-hybridized carbons (Fsp3) is 0.412. The Bertz CT molecular complexity index is 1630. The first-order valence-electron chi connectivity index (χ1n) is 15.9. The van der Waals surface area contributed by atoms with Gasteiger partial charge in [0, 0.05) is 19.0 Å². The second-order valence-corrected chi connectivity index (χ2v) is 11.9. The summed E-state index contributed by atoms with van der Waals surface area (Å²) >= 11 is 0. The van der Waals surface area contributed by atoms with Crippen LogP contribution in [0.15, 0.2) is 74.9 Å². The number of fused-ring (bicyclic) bond motifs is 1. The molecule has 47 heavy (non-hydrogen) atoms. The molecule has 1 aliphatic carbocycles. The van der Waals surface area contributed by atoms with E-state index in [0.717, 1.165) is 43.7 Å². The topological polar surface area (TPSA) is 225 Å². The third kappa shape index (κ3) is 10.4. The van der Waals surface area contributed by atoms with Crippen molar-refractivity contribution in [3.8, 4) is 0 Å². The van der Waals surface area contributed by atoms with Gasteiger partial charge in [0.25, 0.3) is 5.91 Å². The minimum Gasteiger partial charge on any atom is -0.451 e. The van der Waals surface area contributed by atoms with E-state index in [0.29, 0.717) is 18.2 Å². The Morgan fingerprint density at radius 2 is 1.49 bits per heavy atom. The quantitative estimate of drug-likeness (QED) is 0.0807. The summed E-state index contributed by atoms with van der Waals surface area (Å²) in [6.07, 6.45) is 5.87. The number of aliphatic imine (C=N–C) groups is 1. The van der Waals surface area contributed by atoms with Gasteiger partial charge in [0.15, 0.2) is 17.1 Å². The van der Waals surface area contributed by atoms with Gasteiger partial charge in [0.05, 0.1) is 5.39 Å². The molecular formula is C34H43N7O6. The molecule has 0 unspecified atom stereocenters. The van der Waals surface area contributed by atoms with Gasteiger partial charge >= 0.3 is 0 Å². The summed E-state index contributed by atoms with van der Waals surface area (Å²) in [5.74, 6) is -2.84. The highest BCUT2D eigenvalue weighted by Crippen LogP contribution is 2.27. The standard InChI is InChI=1S/C34H43N7O6/c35-30(43)25(18-21-10-3-1-4-11-21)40-31(44)24(15-9-17-38-34(36)37)39-32(45)26(19-22-12-5-2-6-13-22)41-33(46)29-20-27(42)23-14-7-8-16-28(23)47-29/h1,3-4,7-8,10-11,14,16,20,22,24-26H,2,5-6,9,12-13,15,17-19H2,(H2,35,43)(H,39,45)(H,40,44)(H,41,46)(H4,36,37,38)/t24-,25-,26-/m0/s1. The Kier molecular flexibility index (Phi) is 12.5. The highest BCUT2D eigenvalue weighted by atomic mass is 16.3. The van der Waals surface area contributed by atoms with Crippen molar-refractivity contribution in [1.82, 2.24) is 16.0 Å². The van der Waals surface area contributed by atoms with Crippen molar-refractivity contribution in [3.05, 3.63) is 82.2 Å². The molecule has 13 nitrogen and oxygen atoms in total. The molecule has 250 valence electrons. The van der Waals surface area contributed by atoms with Crippen LogP contribution < -0.4 is 38.6 Å². The Morgan fingerprint density at radius 3 is 2.19 bits per heavy atom. The molecular weight excluding hydrogens is 602 g/mol. The maximum Gasteiger partial charge on any atom is 0.287 e. The first-order chi connectivity index (χ1) is 22.6. The van der Waals surface area contributed by atoms with E-state index >= 15 is 0 Å². The third-order valence-corrected chi connectivity index (χ3v) is 8.29. The maximum absolute atomic E-state index is 13.9. The molecule has 1 heterocycles. The number of guanidine groups is 1. The van der Waals surface area contributed by atoms with Crippen LogP contribution in [0.2, 0.25) is 0 Å². The van der Waals surface area contributed by atoms with Crippen LogP contribution >= 0.6 is 0 Å². The Balaban J connectivity index is 1.54. The van der Waals surface area contributed by atoms with Crippen molar-refractivity contribution < 1.29 is 23.6 Å². The third-order valence-electron chi connectivity index (χ3n) is 8.29. The van der Waals surface area contributed by atoms with E-state index in [2.05, 4.69) is 20.9 Å². The SMILES string of the molecule is NC(=O)[C@H](Cc1ccccc1)NC(=O)[C@H](CCCN=C(N)N)NC(=O)[C@H](CC1CCCCC1)NC(=O)c1cc(=O)c2ccccc2o1. The molecule has 0 saturated heterocycles. The number of carbonyl (C=O) groups excluding carboxylic acids is 4. The van der Waals surface area contributed by atoms with Crippen molar-refractivity contribution in [1.29, 1.82) is 0 Å². The molecule has 4 rings (SSSR count). The lowest BCUT2D eigenvalue weighted by molar-refractivity contribution is -0.132. The zero-order valence-corrected chi connectivity index (χ0v) is 26.3. The van der Waals surface area contributed by atoms with Gasteiger partial charge < -0.3 is 37.6 Å². The Hall–Kier alpha value is -5.20. The van der Waals surface area contributed by atoms with Crippen LogP contribution in [0.25, 0.3) is 11.0 Å². The van der Waals surface area contributed by atoms with E-state index in [1.54, 1.807) is 24.3 Å². The van der Waals surface area contributed by atoms with Gasteiger partial charge in [-0.15, -0.1) is 0 Å². The van der Waals surface area contributed by atoms with Gasteiger partial charge in [0.2, 0.25) is 17.7 Å². The van der Waals surface area contributed by atoms with E-state index < -0.39 is 41.8 Å². The highest BCUT2D eigenvalue weighted by Gasteiger charge is 2.31. The lowest BCUT2D eigenvalue weighted by Crippen LogP contribution is -2.57. The maximum atomic E-state index is 13.9. The predicted octanol–water partition coefficient (Wildman–Crippen LogP) is 1.61. The number of amides is 4. The number of hydrogen-bond acceptors (Lipinski definition) is 7. The molecule has 3 atom stereocenters. The number of primary amides is 1. The average Bonchev–Trinajstić information content (AvgIpc) is 3.06. The second-order valence-electron chi connectivity index (χ2n) is 11.9. The molecule has 1 aliphatic rings. The van der Waals surface area contributed by atoms with E-state index in [9.17, 15) is 24.0 Å². The van der Waals surface area contributed by atoms with Crippen LogP contribution in [0.1, 0.15) is 67.5 Å². The molecule has 0 aliphatic heterocycles. The van der Waals surface area contributed by atoms with E-state index in [1.165, 1.54) is 0 Å². The van der Waals surface area contributed by atoms with Gasteiger partial charge in [-0.2, -0.15) is 0 Å². The summed E-state index contributed by atoms with van der Waals surface area (Å²) in [4.78, 5) is 69.8. The van der Waals surface area contributed by atoms with Crippen molar-refractivity contribution >= 4 is 40.6 Å². The van der Waals surface area contributed by atoms with Crippen molar-refractivity contribution in [2.24, 2.45) is 28.1 Å². The summed E-state index contributed by atoms with van der Waals surface area (Å²) in [5, 5.41) is 8.54. The van der Waals surface area contributed by atoms with Crippen LogP contribution in [-0.2, 0) is 20.8 Å². The highest BCUT2D eigenvalue weighted by molar-refractivity contribution is 5.98. The summed E-state index contributed by atoms with van der Waals surface area (Å²) in [5.41, 5.74) is 17.2. The first-order valence-corrected chi connectivity index (χ1v) is 15.9. The van der Waals surface area contributed by atoms with Crippen LogP contribution in [0.3, 0.4) is 0 Å². The van der Waals surface area contributed by atoms with E-state index in [-0.39, 0.29) is 48.0 Å². The van der Waals surface area contributed by atoms with Crippen molar-refractivity contribution in [2.75, 3.05) is 6.54 Å². The van der Waals surface area contributed by atoms with Crippen LogP contribution in [0.5, 0.6) is 0 Å². The normalized spacial score (nSPS) is 15.1. The molecule has 0 spiro atoms. The first kappa shape index (κ1) is 34.7. The van der Waals surface area contributed by atoms with Crippen molar-refractivity contribution in [2.45, 2.75) is 75.9 Å². The van der Waals surface area contributed by atoms with E-state index in [4.69, 9.17) is 21.6 Å². The molecule has 3 aromatic rings. The fourth-order valence-corrected chi connectivity index (χ4v) is 5.82. The summed E-state index contributed by atoms with van der Waals surface area (Å²) in [6.45, 7) is 0.203. The Morgan fingerprint density at radius 1 is 0.830 bits per heavy atom. The largest absolute Gasteiger partial charge is 0.451 e. The van der Waals surface area contributed by atoms with Crippen molar-refractivity contribution in [3.63, 3.8) is 0 Å². The minimum atomic E-state index is -1.10. The van der Waals surface area contributed by atoms with Crippen LogP contribution in [0.4, 0.5) is 0 Å². The van der Waals surface area contributed by atoms with Gasteiger partial charge in [-0.3, -0.25) is 29.0 Å². The molecule has 1 saturated carbocycles. The lowest BCUT2D eigenvalue weighted by atomic mass is 9.84. The molecule has 0 radical (unpaired) electrons. The lowest BCUT2D eigenvalue weighted by Gasteiger charge is -2.28. The number of benzene rings is 2. The molecule has 1 aromatic heterocycles. The number of nitrogens with two attached hydrogens (primary N) is 3. The average molecular weight is 646 g/mol. The number of nitrogens with one attached hydrogen (secondary N) is 3. The predicted molar refractivity (Wildman–Crippen MR) is 178 cm³/mol. The van der Waals surface area contributed by atoms with Gasteiger partial charge in [-0.25, -0.2) is 0 Å². The zero-order chi connectivity index (χ0) is 33.8. The van der Waals surface area contributed by atoms with Gasteiger partial charge in [-0.05, 0) is 42.9 Å². The number of carbonyl (C=O) groups is 4. The van der Waals surface area contributed by atoms with Crippen LogP contribution in [-0.4, -0.2) is 54.3 Å². The number of hydrogen-bond donors (Lipinski definition) is 6. The summed E-state index contributed by atoms with van der Waals surface area (Å²) < 4.78 is 5.71. The smallest absolute Gasteiger partial charge is 0.287 e. The van der Waals surface area contributed by atoms with Gasteiger partial charge in [-0.1, -0.05) is 74.6 Å². The fourth-order valence-electron chi connectivity index (χ4n) is 5.82. The molecule has 13 heteroatoms. The molecule has 9 N–H and O–H groups in total.